The molecular weight excluding hydrogens is 504 g/mol. The number of amides is 2. The zero-order chi connectivity index (χ0) is 28.9. The molecule has 0 saturated heterocycles. The Morgan fingerprint density at radius 2 is 1.73 bits per heavy atom. The second kappa shape index (κ2) is 11.7. The van der Waals surface area contributed by atoms with Crippen LogP contribution in [0.15, 0.2) is 67.1 Å². The van der Waals surface area contributed by atoms with Crippen LogP contribution >= 0.6 is 0 Å². The Kier molecular flexibility index (Phi) is 8.20. The molecule has 40 heavy (non-hydrogen) atoms. The minimum absolute atomic E-state index is 0.283. The lowest BCUT2D eigenvalue weighted by atomic mass is 9.90. The van der Waals surface area contributed by atoms with E-state index in [1.807, 2.05) is 38.1 Å². The summed E-state index contributed by atoms with van der Waals surface area (Å²) < 4.78 is 5.79. The molecule has 9 nitrogen and oxygen atoms in total. The Balaban J connectivity index is 1.70. The first kappa shape index (κ1) is 27.9. The second-order valence-electron chi connectivity index (χ2n) is 9.67. The number of anilines is 1. The number of carbonyl (C=O) groups excluding carboxylic acids is 2. The van der Waals surface area contributed by atoms with Gasteiger partial charge in [-0.05, 0) is 86.8 Å². The van der Waals surface area contributed by atoms with Gasteiger partial charge in [-0.1, -0.05) is 6.07 Å². The maximum Gasteiger partial charge on any atom is 0.269 e. The fraction of sp³-hybridized carbons (Fsp3) is 0.226. The second-order valence-corrected chi connectivity index (χ2v) is 9.67. The van der Waals surface area contributed by atoms with Crippen LogP contribution in [0.4, 0.5) is 5.69 Å². The molecule has 2 amide bonds. The van der Waals surface area contributed by atoms with Crippen molar-refractivity contribution < 1.29 is 14.3 Å². The van der Waals surface area contributed by atoms with E-state index in [0.29, 0.717) is 35.0 Å². The van der Waals surface area contributed by atoms with Crippen molar-refractivity contribution in [2.75, 3.05) is 19.0 Å². The highest BCUT2D eigenvalue weighted by molar-refractivity contribution is 6.04. The molecule has 202 valence electrons. The van der Waals surface area contributed by atoms with E-state index in [2.05, 4.69) is 31.7 Å². The summed E-state index contributed by atoms with van der Waals surface area (Å²) >= 11 is 0. The fourth-order valence-electron chi connectivity index (χ4n) is 4.09. The molecule has 0 saturated carbocycles. The first-order chi connectivity index (χ1) is 19.2. The third-order valence-electron chi connectivity index (χ3n) is 6.41. The predicted molar refractivity (Wildman–Crippen MR) is 153 cm³/mol. The van der Waals surface area contributed by atoms with Gasteiger partial charge in [-0.3, -0.25) is 19.6 Å². The quantitative estimate of drug-likeness (QED) is 0.313. The van der Waals surface area contributed by atoms with Gasteiger partial charge < -0.3 is 15.4 Å². The topological polar surface area (TPSA) is 130 Å². The molecule has 2 N–H and O–H groups in total. The van der Waals surface area contributed by atoms with Gasteiger partial charge in [0.05, 0.1) is 23.8 Å². The zero-order valence-electron chi connectivity index (χ0n) is 23.1. The third-order valence-corrected chi connectivity index (χ3v) is 6.41. The van der Waals surface area contributed by atoms with Gasteiger partial charge in [0.1, 0.15) is 5.69 Å². The summed E-state index contributed by atoms with van der Waals surface area (Å²) in [5, 5.41) is 15.0. The van der Waals surface area contributed by atoms with Crippen LogP contribution in [-0.2, 0) is 5.41 Å². The molecule has 0 atom stereocenters. The molecule has 0 unspecified atom stereocenters. The summed E-state index contributed by atoms with van der Waals surface area (Å²) in [6.07, 6.45) is 4.83. The average Bonchev–Trinajstić information content (AvgIpc) is 2.98. The van der Waals surface area contributed by atoms with Crippen LogP contribution in [0.5, 0.6) is 5.88 Å². The van der Waals surface area contributed by atoms with Crippen molar-refractivity contribution in [1.29, 1.82) is 5.26 Å². The van der Waals surface area contributed by atoms with Gasteiger partial charge in [0, 0.05) is 48.0 Å². The number of ether oxygens (including phenoxy) is 1. The van der Waals surface area contributed by atoms with E-state index >= 15 is 0 Å². The molecule has 0 aliphatic rings. The third kappa shape index (κ3) is 5.97. The Hall–Kier alpha value is -5.10. The molecule has 1 aromatic carbocycles. The highest BCUT2D eigenvalue weighted by atomic mass is 16.5. The number of nitrogens with zero attached hydrogens (tertiary/aromatic N) is 4. The van der Waals surface area contributed by atoms with Crippen molar-refractivity contribution in [2.24, 2.45) is 0 Å². The molecule has 0 spiro atoms. The summed E-state index contributed by atoms with van der Waals surface area (Å²) in [6.45, 7) is 7.80. The summed E-state index contributed by atoms with van der Waals surface area (Å²) in [7, 11) is 1.56. The molecule has 0 bridgehead atoms. The van der Waals surface area contributed by atoms with Crippen molar-refractivity contribution in [3.05, 3.63) is 89.6 Å². The number of nitrogens with one attached hydrogen (secondary N) is 2. The number of rotatable bonds is 8. The molecule has 0 radical (unpaired) electrons. The van der Waals surface area contributed by atoms with E-state index in [0.717, 1.165) is 22.3 Å². The Morgan fingerprint density at radius 1 is 0.950 bits per heavy atom. The molecule has 0 fully saturated rings. The molecule has 4 aromatic rings. The highest BCUT2D eigenvalue weighted by Crippen LogP contribution is 2.35. The first-order valence-corrected chi connectivity index (χ1v) is 12.8. The van der Waals surface area contributed by atoms with Gasteiger partial charge in [-0.15, -0.1) is 0 Å². The van der Waals surface area contributed by atoms with Crippen LogP contribution in [0.25, 0.3) is 22.3 Å². The van der Waals surface area contributed by atoms with Gasteiger partial charge in [-0.2, -0.15) is 5.26 Å². The van der Waals surface area contributed by atoms with Crippen LogP contribution in [0.1, 0.15) is 52.9 Å². The number of hydrogen-bond acceptors (Lipinski definition) is 7. The van der Waals surface area contributed by atoms with Crippen LogP contribution in [-0.4, -0.2) is 40.4 Å². The molecule has 4 rings (SSSR count). The smallest absolute Gasteiger partial charge is 0.269 e. The maximum atomic E-state index is 13.1. The van der Waals surface area contributed by atoms with E-state index in [9.17, 15) is 14.9 Å². The van der Waals surface area contributed by atoms with Crippen molar-refractivity contribution in [3.63, 3.8) is 0 Å². The van der Waals surface area contributed by atoms with Crippen LogP contribution in [0, 0.1) is 18.3 Å². The lowest BCUT2D eigenvalue weighted by Gasteiger charge is -2.16. The molecule has 0 aliphatic carbocycles. The minimum atomic E-state index is -0.818. The van der Waals surface area contributed by atoms with Crippen molar-refractivity contribution in [2.45, 2.75) is 33.1 Å². The number of carbonyl (C=O) groups is 2. The minimum Gasteiger partial charge on any atom is -0.478 e. The van der Waals surface area contributed by atoms with E-state index in [4.69, 9.17) is 4.74 Å². The van der Waals surface area contributed by atoms with Crippen LogP contribution < -0.4 is 15.4 Å². The zero-order valence-corrected chi connectivity index (χ0v) is 23.1. The SMILES string of the molecule is CCOc1ncc(-c2cc(NC(=O)c3ccnc(C(C)(C)C#N)c3)ccc2C)cc1-c1ccnc(C(=O)NC)c1. The number of nitriles is 1. The van der Waals surface area contributed by atoms with Crippen LogP contribution in [0.3, 0.4) is 0 Å². The average molecular weight is 535 g/mol. The van der Waals surface area contributed by atoms with Crippen molar-refractivity contribution >= 4 is 17.5 Å². The summed E-state index contributed by atoms with van der Waals surface area (Å²) in [5.74, 6) is -0.159. The Morgan fingerprint density at radius 3 is 2.45 bits per heavy atom. The van der Waals surface area contributed by atoms with Gasteiger partial charge in [0.25, 0.3) is 11.8 Å². The number of aryl methyl sites for hydroxylation is 1. The normalized spacial score (nSPS) is 10.9. The maximum absolute atomic E-state index is 13.1. The lowest BCUT2D eigenvalue weighted by Crippen LogP contribution is -2.19. The van der Waals surface area contributed by atoms with E-state index in [1.165, 1.54) is 6.20 Å². The molecule has 0 aliphatic heterocycles. The van der Waals surface area contributed by atoms with Crippen molar-refractivity contribution in [3.8, 4) is 34.2 Å². The largest absolute Gasteiger partial charge is 0.478 e. The number of benzene rings is 1. The Bertz CT molecular complexity index is 1620. The fourth-order valence-corrected chi connectivity index (χ4v) is 4.09. The first-order valence-electron chi connectivity index (χ1n) is 12.8. The van der Waals surface area contributed by atoms with Gasteiger partial charge >= 0.3 is 0 Å². The molecular formula is C31H30N6O3. The summed E-state index contributed by atoms with van der Waals surface area (Å²) in [5.41, 5.74) is 5.12. The van der Waals surface area contributed by atoms with E-state index in [-0.39, 0.29) is 17.5 Å². The Labute approximate surface area is 233 Å². The standard InChI is InChI=1S/C31H30N6O3/c1-6-40-30-25(20-9-11-34-26(14-20)29(39)33-5)13-22(17-36-30)24-16-23(8-7-19(24)2)37-28(38)21-10-12-35-27(15-21)31(3,4)18-32/h7-17H,6H2,1-5H3,(H,33,39)(H,37,38). The number of pyridine rings is 3. The van der Waals surface area contributed by atoms with E-state index in [1.54, 1.807) is 57.6 Å². The van der Waals surface area contributed by atoms with E-state index < -0.39 is 5.41 Å². The van der Waals surface area contributed by atoms with Crippen molar-refractivity contribution in [1.82, 2.24) is 20.3 Å². The molecule has 3 aromatic heterocycles. The number of hydrogen-bond donors (Lipinski definition) is 2. The van der Waals surface area contributed by atoms with Gasteiger partial charge in [0.2, 0.25) is 5.88 Å². The van der Waals surface area contributed by atoms with Gasteiger partial charge in [-0.25, -0.2) is 4.98 Å². The predicted octanol–water partition coefficient (Wildman–Crippen LogP) is 5.33. The number of aromatic nitrogens is 3. The monoisotopic (exact) mass is 534 g/mol. The highest BCUT2D eigenvalue weighted by Gasteiger charge is 2.23. The lowest BCUT2D eigenvalue weighted by molar-refractivity contribution is 0.0957. The van der Waals surface area contributed by atoms with Crippen LogP contribution in [0.2, 0.25) is 0 Å². The molecule has 3 heterocycles. The summed E-state index contributed by atoms with van der Waals surface area (Å²) in [6, 6.07) is 16.6. The molecule has 9 heteroatoms. The van der Waals surface area contributed by atoms with Gasteiger partial charge in [0.15, 0.2) is 0 Å². The summed E-state index contributed by atoms with van der Waals surface area (Å²) in [4.78, 5) is 38.3.